The van der Waals surface area contributed by atoms with Crippen LogP contribution in [-0.2, 0) is 13.0 Å². The fraction of sp³-hybridized carbons (Fsp3) is 0.350. The molecule has 23 heavy (non-hydrogen) atoms. The first-order chi connectivity index (χ1) is 11.3. The Labute approximate surface area is 138 Å². The molecule has 2 aromatic rings. The molecule has 120 valence electrons. The zero-order valence-corrected chi connectivity index (χ0v) is 13.7. The van der Waals surface area contributed by atoms with Gasteiger partial charge >= 0.3 is 0 Å². The molecular weight excluding hydrogens is 284 g/mol. The Morgan fingerprint density at radius 1 is 1.09 bits per heavy atom. The molecule has 1 N–H and O–H groups in total. The molecule has 0 radical (unpaired) electrons. The van der Waals surface area contributed by atoms with Crippen LogP contribution in [0.3, 0.4) is 0 Å². The Balaban J connectivity index is 1.69. The van der Waals surface area contributed by atoms with E-state index in [0.717, 1.165) is 50.0 Å². The standard InChI is InChI=1S/C20H24N2O/c1-2-17-9-3-4-11-19(17)21-15-16-8-7-10-18(14-16)20(23)22-12-5-6-13-22/h3-4,7-11,14,21H,2,5-6,12-13,15H2,1H3. The molecule has 1 heterocycles. The molecular formula is C20H24N2O. The number of hydrogen-bond acceptors (Lipinski definition) is 2. The summed E-state index contributed by atoms with van der Waals surface area (Å²) >= 11 is 0. The molecule has 0 saturated carbocycles. The van der Waals surface area contributed by atoms with Gasteiger partial charge in [-0.15, -0.1) is 0 Å². The Hall–Kier alpha value is -2.29. The van der Waals surface area contributed by atoms with Gasteiger partial charge in [0.2, 0.25) is 0 Å². The summed E-state index contributed by atoms with van der Waals surface area (Å²) in [5.74, 6) is 0.165. The maximum Gasteiger partial charge on any atom is 0.253 e. The summed E-state index contributed by atoms with van der Waals surface area (Å²) in [4.78, 5) is 14.4. The Morgan fingerprint density at radius 3 is 2.65 bits per heavy atom. The van der Waals surface area contributed by atoms with E-state index in [0.29, 0.717) is 0 Å². The van der Waals surface area contributed by atoms with Crippen LogP contribution in [0.25, 0.3) is 0 Å². The number of anilines is 1. The van der Waals surface area contributed by atoms with Crippen LogP contribution in [-0.4, -0.2) is 23.9 Å². The Bertz CT molecular complexity index is 675. The van der Waals surface area contributed by atoms with Gasteiger partial charge in [0, 0.05) is 30.9 Å². The van der Waals surface area contributed by atoms with Crippen molar-refractivity contribution in [3.05, 3.63) is 65.2 Å². The van der Waals surface area contributed by atoms with Crippen LogP contribution >= 0.6 is 0 Å². The first kappa shape index (κ1) is 15.6. The van der Waals surface area contributed by atoms with Gasteiger partial charge in [-0.2, -0.15) is 0 Å². The highest BCUT2D eigenvalue weighted by molar-refractivity contribution is 5.94. The van der Waals surface area contributed by atoms with Crippen LogP contribution in [0.5, 0.6) is 0 Å². The Kier molecular flexibility index (Phi) is 4.96. The second-order valence-electron chi connectivity index (χ2n) is 6.06. The molecule has 0 bridgehead atoms. The lowest BCUT2D eigenvalue weighted by Crippen LogP contribution is -2.27. The highest BCUT2D eigenvalue weighted by Crippen LogP contribution is 2.18. The average molecular weight is 308 g/mol. The summed E-state index contributed by atoms with van der Waals surface area (Å²) in [6.07, 6.45) is 3.26. The van der Waals surface area contributed by atoms with E-state index in [1.165, 1.54) is 11.3 Å². The lowest BCUT2D eigenvalue weighted by atomic mass is 10.1. The maximum atomic E-state index is 12.5. The number of para-hydroxylation sites is 1. The van der Waals surface area contributed by atoms with Crippen molar-refractivity contribution < 1.29 is 4.79 Å². The quantitative estimate of drug-likeness (QED) is 0.902. The van der Waals surface area contributed by atoms with Crippen molar-refractivity contribution in [3.63, 3.8) is 0 Å². The van der Waals surface area contributed by atoms with E-state index in [2.05, 4.69) is 42.6 Å². The van der Waals surface area contributed by atoms with Crippen molar-refractivity contribution in [2.45, 2.75) is 32.7 Å². The molecule has 1 aliphatic heterocycles. The van der Waals surface area contributed by atoms with Crippen molar-refractivity contribution >= 4 is 11.6 Å². The second-order valence-corrected chi connectivity index (χ2v) is 6.06. The summed E-state index contributed by atoms with van der Waals surface area (Å²) < 4.78 is 0. The Morgan fingerprint density at radius 2 is 1.87 bits per heavy atom. The van der Waals surface area contributed by atoms with Crippen molar-refractivity contribution in [2.75, 3.05) is 18.4 Å². The fourth-order valence-electron chi connectivity index (χ4n) is 3.12. The normalized spacial score (nSPS) is 14.0. The van der Waals surface area contributed by atoms with E-state index in [9.17, 15) is 4.79 Å². The van der Waals surface area contributed by atoms with E-state index in [-0.39, 0.29) is 5.91 Å². The molecule has 3 heteroatoms. The molecule has 0 unspecified atom stereocenters. The van der Waals surface area contributed by atoms with Crippen molar-refractivity contribution in [1.29, 1.82) is 0 Å². The lowest BCUT2D eigenvalue weighted by molar-refractivity contribution is 0.0792. The minimum Gasteiger partial charge on any atom is -0.381 e. The highest BCUT2D eigenvalue weighted by atomic mass is 16.2. The molecule has 0 atom stereocenters. The van der Waals surface area contributed by atoms with Gasteiger partial charge in [0.1, 0.15) is 0 Å². The van der Waals surface area contributed by atoms with Crippen LogP contribution in [0.15, 0.2) is 48.5 Å². The first-order valence-electron chi connectivity index (χ1n) is 8.48. The number of rotatable bonds is 5. The van der Waals surface area contributed by atoms with Gasteiger partial charge in [0.25, 0.3) is 5.91 Å². The van der Waals surface area contributed by atoms with Gasteiger partial charge in [0.15, 0.2) is 0 Å². The van der Waals surface area contributed by atoms with Gasteiger partial charge in [-0.25, -0.2) is 0 Å². The first-order valence-corrected chi connectivity index (χ1v) is 8.48. The molecule has 3 nitrogen and oxygen atoms in total. The largest absolute Gasteiger partial charge is 0.381 e. The van der Waals surface area contributed by atoms with E-state index in [4.69, 9.17) is 0 Å². The van der Waals surface area contributed by atoms with Gasteiger partial charge in [-0.05, 0) is 48.6 Å². The number of amides is 1. The van der Waals surface area contributed by atoms with Crippen molar-refractivity contribution in [3.8, 4) is 0 Å². The number of carbonyl (C=O) groups is 1. The number of aryl methyl sites for hydroxylation is 1. The highest BCUT2D eigenvalue weighted by Gasteiger charge is 2.19. The van der Waals surface area contributed by atoms with E-state index < -0.39 is 0 Å². The van der Waals surface area contributed by atoms with Gasteiger partial charge in [0.05, 0.1) is 0 Å². The molecule has 2 aromatic carbocycles. The summed E-state index contributed by atoms with van der Waals surface area (Å²) in [5.41, 5.74) is 4.43. The molecule has 1 fully saturated rings. The topological polar surface area (TPSA) is 32.3 Å². The number of benzene rings is 2. The third kappa shape index (κ3) is 3.73. The van der Waals surface area contributed by atoms with Crippen LogP contribution in [0, 0.1) is 0 Å². The minimum absolute atomic E-state index is 0.165. The van der Waals surface area contributed by atoms with Gasteiger partial charge < -0.3 is 10.2 Å². The maximum absolute atomic E-state index is 12.5. The fourth-order valence-corrected chi connectivity index (χ4v) is 3.12. The zero-order chi connectivity index (χ0) is 16.1. The summed E-state index contributed by atoms with van der Waals surface area (Å²) in [6, 6.07) is 16.4. The SMILES string of the molecule is CCc1ccccc1NCc1cccc(C(=O)N2CCCC2)c1. The van der Waals surface area contributed by atoms with Gasteiger partial charge in [-0.3, -0.25) is 4.79 Å². The molecule has 3 rings (SSSR count). The number of hydrogen-bond donors (Lipinski definition) is 1. The zero-order valence-electron chi connectivity index (χ0n) is 13.7. The van der Waals surface area contributed by atoms with E-state index in [1.54, 1.807) is 0 Å². The van der Waals surface area contributed by atoms with E-state index >= 15 is 0 Å². The number of nitrogens with one attached hydrogen (secondary N) is 1. The van der Waals surface area contributed by atoms with Crippen LogP contribution in [0.1, 0.15) is 41.3 Å². The number of likely N-dealkylation sites (tertiary alicyclic amines) is 1. The molecule has 1 amide bonds. The predicted molar refractivity (Wildman–Crippen MR) is 94.7 cm³/mol. The number of carbonyl (C=O) groups excluding carboxylic acids is 1. The molecule has 0 aliphatic carbocycles. The molecule has 0 spiro atoms. The summed E-state index contributed by atoms with van der Waals surface area (Å²) in [6.45, 7) is 4.68. The van der Waals surface area contributed by atoms with Crippen LogP contribution in [0.2, 0.25) is 0 Å². The molecule has 1 aliphatic rings. The summed E-state index contributed by atoms with van der Waals surface area (Å²) in [5, 5.41) is 3.49. The van der Waals surface area contributed by atoms with Crippen molar-refractivity contribution in [2.24, 2.45) is 0 Å². The monoisotopic (exact) mass is 308 g/mol. The van der Waals surface area contributed by atoms with Crippen LogP contribution < -0.4 is 5.32 Å². The number of nitrogens with zero attached hydrogens (tertiary/aromatic N) is 1. The summed E-state index contributed by atoms with van der Waals surface area (Å²) in [7, 11) is 0. The smallest absolute Gasteiger partial charge is 0.253 e. The van der Waals surface area contributed by atoms with Crippen molar-refractivity contribution in [1.82, 2.24) is 4.90 Å². The molecule has 1 saturated heterocycles. The molecule has 0 aromatic heterocycles. The third-order valence-corrected chi connectivity index (χ3v) is 4.45. The average Bonchev–Trinajstić information content (AvgIpc) is 3.14. The third-order valence-electron chi connectivity index (χ3n) is 4.45. The van der Waals surface area contributed by atoms with E-state index in [1.807, 2.05) is 23.1 Å². The minimum atomic E-state index is 0.165. The van der Waals surface area contributed by atoms with Crippen LogP contribution in [0.4, 0.5) is 5.69 Å². The second kappa shape index (κ2) is 7.32. The van der Waals surface area contributed by atoms with Gasteiger partial charge in [-0.1, -0.05) is 37.3 Å². The predicted octanol–water partition coefficient (Wildman–Crippen LogP) is 4.10. The lowest BCUT2D eigenvalue weighted by Gasteiger charge is -2.16.